The SMILES string of the molecule is C=C(C)C(=O)Oc1ccc(C(=O)O)cc1.CC(C)CCC[C@@H](C)[C@H]1CC[C@H]2[C@@H]3CC=C4C[C@@H](O)CC[C@]4(C)[C@H]3CC[C@]12C. The number of aliphatic hydroxyl groups is 1. The van der Waals surface area contributed by atoms with E-state index < -0.39 is 11.9 Å². The van der Waals surface area contributed by atoms with Gasteiger partial charge in [-0.1, -0.05) is 72.1 Å². The Bertz CT molecular complexity index is 1180. The van der Waals surface area contributed by atoms with Gasteiger partial charge in [0, 0.05) is 5.57 Å². The van der Waals surface area contributed by atoms with Crippen LogP contribution in [0.4, 0.5) is 0 Å². The minimum atomic E-state index is -1.02. The molecule has 0 amide bonds. The number of allylic oxidation sites excluding steroid dienone is 1. The fraction of sp³-hybridized carbons (Fsp3) is 0.684. The van der Waals surface area contributed by atoms with Crippen molar-refractivity contribution in [2.75, 3.05) is 0 Å². The summed E-state index contributed by atoms with van der Waals surface area (Å²) in [5.74, 6) is 4.21. The smallest absolute Gasteiger partial charge is 0.338 e. The summed E-state index contributed by atoms with van der Waals surface area (Å²) in [6.45, 7) is 17.5. The van der Waals surface area contributed by atoms with E-state index in [1.165, 1.54) is 89.0 Å². The molecule has 0 spiro atoms. The van der Waals surface area contributed by atoms with Crippen LogP contribution in [0.5, 0.6) is 5.75 Å². The summed E-state index contributed by atoms with van der Waals surface area (Å²) >= 11 is 0. The first-order valence-electron chi connectivity index (χ1n) is 16.8. The third-order valence-electron chi connectivity index (χ3n) is 11.9. The summed E-state index contributed by atoms with van der Waals surface area (Å²) in [7, 11) is 0. The zero-order chi connectivity index (χ0) is 31.5. The molecule has 0 radical (unpaired) electrons. The molecule has 1 aromatic rings. The molecular formula is C38H56O5. The fourth-order valence-corrected chi connectivity index (χ4v) is 9.53. The van der Waals surface area contributed by atoms with E-state index in [2.05, 4.69) is 47.3 Å². The van der Waals surface area contributed by atoms with Crippen LogP contribution in [0.2, 0.25) is 0 Å². The zero-order valence-electron chi connectivity index (χ0n) is 27.5. The van der Waals surface area contributed by atoms with Gasteiger partial charge >= 0.3 is 11.9 Å². The number of benzene rings is 1. The highest BCUT2D eigenvalue weighted by atomic mass is 16.5. The lowest BCUT2D eigenvalue weighted by Crippen LogP contribution is -2.50. The summed E-state index contributed by atoms with van der Waals surface area (Å²) in [6.07, 6.45) is 17.2. The first kappa shape index (κ1) is 33.5. The van der Waals surface area contributed by atoms with Crippen LogP contribution in [-0.2, 0) is 4.79 Å². The number of hydrogen-bond acceptors (Lipinski definition) is 4. The maximum atomic E-state index is 11.1. The van der Waals surface area contributed by atoms with E-state index in [1.54, 1.807) is 5.57 Å². The molecule has 4 aliphatic carbocycles. The van der Waals surface area contributed by atoms with Crippen molar-refractivity contribution in [2.24, 2.45) is 46.3 Å². The Kier molecular flexibility index (Phi) is 10.7. The molecule has 0 heterocycles. The van der Waals surface area contributed by atoms with Gasteiger partial charge in [0.05, 0.1) is 11.7 Å². The van der Waals surface area contributed by atoms with Crippen molar-refractivity contribution in [3.8, 4) is 5.75 Å². The number of esters is 1. The molecule has 0 aromatic heterocycles. The van der Waals surface area contributed by atoms with Crippen LogP contribution in [0.25, 0.3) is 0 Å². The van der Waals surface area contributed by atoms with Crippen molar-refractivity contribution in [3.05, 3.63) is 53.6 Å². The normalized spacial score (nSPS) is 33.6. The number of carbonyl (C=O) groups is 2. The molecule has 0 unspecified atom stereocenters. The lowest BCUT2D eigenvalue weighted by molar-refractivity contribution is -0.130. The lowest BCUT2D eigenvalue weighted by Gasteiger charge is -2.58. The molecule has 3 saturated carbocycles. The molecule has 0 saturated heterocycles. The Hall–Kier alpha value is -2.40. The summed E-state index contributed by atoms with van der Waals surface area (Å²) in [5.41, 5.74) is 3.04. The van der Waals surface area contributed by atoms with Crippen molar-refractivity contribution >= 4 is 11.9 Å². The van der Waals surface area contributed by atoms with Crippen molar-refractivity contribution in [2.45, 2.75) is 118 Å². The van der Waals surface area contributed by atoms with Gasteiger partial charge in [-0.2, -0.15) is 0 Å². The van der Waals surface area contributed by atoms with Crippen LogP contribution >= 0.6 is 0 Å². The number of aromatic carboxylic acids is 1. The Balaban J connectivity index is 0.000000239. The summed E-state index contributed by atoms with van der Waals surface area (Å²) in [6, 6.07) is 5.57. The van der Waals surface area contributed by atoms with Crippen LogP contribution in [0.15, 0.2) is 48.1 Å². The second-order valence-electron chi connectivity index (χ2n) is 15.2. The number of carbonyl (C=O) groups excluding carboxylic acids is 1. The lowest BCUT2D eigenvalue weighted by atomic mass is 9.47. The number of rotatable bonds is 8. The predicted octanol–water partition coefficient (Wildman–Crippen LogP) is 9.26. The van der Waals surface area contributed by atoms with E-state index in [4.69, 9.17) is 9.84 Å². The second kappa shape index (κ2) is 13.7. The van der Waals surface area contributed by atoms with Crippen LogP contribution in [0.1, 0.15) is 123 Å². The van der Waals surface area contributed by atoms with Gasteiger partial charge in [-0.15, -0.1) is 0 Å². The van der Waals surface area contributed by atoms with Crippen molar-refractivity contribution in [1.82, 2.24) is 0 Å². The Morgan fingerprint density at radius 2 is 1.70 bits per heavy atom. The number of carboxylic acid groups (broad SMARTS) is 1. The van der Waals surface area contributed by atoms with Crippen molar-refractivity contribution in [1.29, 1.82) is 0 Å². The van der Waals surface area contributed by atoms with E-state index in [1.807, 2.05) is 0 Å². The highest BCUT2D eigenvalue weighted by molar-refractivity contribution is 5.89. The Labute approximate surface area is 260 Å². The molecule has 8 atom stereocenters. The molecule has 5 rings (SSSR count). The highest BCUT2D eigenvalue weighted by Crippen LogP contribution is 2.67. The van der Waals surface area contributed by atoms with Crippen molar-refractivity contribution in [3.63, 3.8) is 0 Å². The number of carboxylic acids is 1. The van der Waals surface area contributed by atoms with Gasteiger partial charge in [-0.05, 0) is 129 Å². The molecule has 43 heavy (non-hydrogen) atoms. The van der Waals surface area contributed by atoms with Crippen LogP contribution in [0.3, 0.4) is 0 Å². The molecule has 1 aromatic carbocycles. The maximum absolute atomic E-state index is 11.1. The number of aliphatic hydroxyl groups excluding tert-OH is 1. The summed E-state index contributed by atoms with van der Waals surface area (Å²) in [5, 5.41) is 18.8. The monoisotopic (exact) mass is 592 g/mol. The van der Waals surface area contributed by atoms with Crippen molar-refractivity contribution < 1.29 is 24.5 Å². The number of ether oxygens (including phenoxy) is 1. The predicted molar refractivity (Wildman–Crippen MR) is 173 cm³/mol. The van der Waals surface area contributed by atoms with Crippen LogP contribution in [-0.4, -0.2) is 28.3 Å². The minimum absolute atomic E-state index is 0.0766. The quantitative estimate of drug-likeness (QED) is 0.136. The number of hydrogen-bond donors (Lipinski definition) is 2. The molecule has 238 valence electrons. The highest BCUT2D eigenvalue weighted by Gasteiger charge is 2.59. The average Bonchev–Trinajstić information content (AvgIpc) is 3.31. The molecule has 5 nitrogen and oxygen atoms in total. The third-order valence-corrected chi connectivity index (χ3v) is 11.9. The van der Waals surface area contributed by atoms with Crippen LogP contribution in [0, 0.1) is 46.3 Å². The fourth-order valence-electron chi connectivity index (χ4n) is 9.53. The van der Waals surface area contributed by atoms with E-state index in [9.17, 15) is 14.7 Å². The van der Waals surface area contributed by atoms with Gasteiger partial charge in [-0.25, -0.2) is 9.59 Å². The number of fused-ring (bicyclic) bond motifs is 5. The minimum Gasteiger partial charge on any atom is -0.478 e. The first-order valence-corrected chi connectivity index (χ1v) is 16.8. The zero-order valence-corrected chi connectivity index (χ0v) is 27.5. The second-order valence-corrected chi connectivity index (χ2v) is 15.2. The van der Waals surface area contributed by atoms with Gasteiger partial charge in [0.1, 0.15) is 5.75 Å². The Morgan fingerprint density at radius 3 is 2.33 bits per heavy atom. The molecule has 2 N–H and O–H groups in total. The van der Waals surface area contributed by atoms with Gasteiger partial charge in [0.25, 0.3) is 0 Å². The molecular weight excluding hydrogens is 536 g/mol. The maximum Gasteiger partial charge on any atom is 0.338 e. The summed E-state index contributed by atoms with van der Waals surface area (Å²) in [4.78, 5) is 21.6. The van der Waals surface area contributed by atoms with E-state index >= 15 is 0 Å². The topological polar surface area (TPSA) is 83.8 Å². The first-order chi connectivity index (χ1) is 20.3. The molecule has 0 aliphatic heterocycles. The van der Waals surface area contributed by atoms with Gasteiger partial charge in [0.15, 0.2) is 0 Å². The average molecular weight is 593 g/mol. The van der Waals surface area contributed by atoms with Crippen LogP contribution < -0.4 is 4.74 Å². The molecule has 4 aliphatic rings. The third kappa shape index (κ3) is 7.30. The molecule has 5 heteroatoms. The van der Waals surface area contributed by atoms with Gasteiger partial charge < -0.3 is 14.9 Å². The largest absolute Gasteiger partial charge is 0.478 e. The van der Waals surface area contributed by atoms with Gasteiger partial charge in [-0.3, -0.25) is 0 Å². The molecule has 0 bridgehead atoms. The standard InChI is InChI=1S/C27H46O.C11H10O4/c1-18(2)7-6-8-19(3)23-11-12-24-22-10-9-20-17-21(28)13-15-26(20,4)25(22)14-16-27(23,24)5;1-7(2)11(14)15-9-5-3-8(4-6-9)10(12)13/h9,18-19,21-25,28H,6-8,10-17H2,1-5H3;3-6H,1H2,2H3,(H,12,13)/t19-,21+,22+,23-,24+,25+,26+,27-;/m1./s1. The van der Waals surface area contributed by atoms with Gasteiger partial charge in [0.2, 0.25) is 0 Å². The summed E-state index contributed by atoms with van der Waals surface area (Å²) < 4.78 is 4.88. The molecule has 3 fully saturated rings. The van der Waals surface area contributed by atoms with E-state index in [-0.39, 0.29) is 17.2 Å². The van der Waals surface area contributed by atoms with E-state index in [0.717, 1.165) is 48.3 Å². The van der Waals surface area contributed by atoms with E-state index in [0.29, 0.717) is 16.6 Å². The Morgan fingerprint density at radius 1 is 1.00 bits per heavy atom.